The summed E-state index contributed by atoms with van der Waals surface area (Å²) < 4.78 is 12.7. The average Bonchev–Trinajstić information content (AvgIpc) is 3.08. The molecule has 0 spiro atoms. The first-order valence-electron chi connectivity index (χ1n) is 6.12. The van der Waals surface area contributed by atoms with Crippen molar-refractivity contribution in [3.63, 3.8) is 0 Å². The van der Waals surface area contributed by atoms with Crippen LogP contribution in [0.25, 0.3) is 11.6 Å². The summed E-state index contributed by atoms with van der Waals surface area (Å²) >= 11 is 1.83. The van der Waals surface area contributed by atoms with Gasteiger partial charge in [0.05, 0.1) is 12.9 Å². The van der Waals surface area contributed by atoms with Gasteiger partial charge in [-0.2, -0.15) is 16.7 Å². The summed E-state index contributed by atoms with van der Waals surface area (Å²) in [6.45, 7) is 2.01. The van der Waals surface area contributed by atoms with E-state index < -0.39 is 0 Å². The lowest BCUT2D eigenvalue weighted by atomic mass is 10.4. The number of ether oxygens (including phenoxy) is 1. The van der Waals surface area contributed by atoms with Crippen molar-refractivity contribution in [2.75, 3.05) is 24.7 Å². The van der Waals surface area contributed by atoms with Crippen LogP contribution in [0.15, 0.2) is 17.0 Å². The maximum absolute atomic E-state index is 5.61. The van der Waals surface area contributed by atoms with Crippen LogP contribution >= 0.6 is 11.8 Å². The van der Waals surface area contributed by atoms with Crippen molar-refractivity contribution in [3.05, 3.63) is 18.3 Å². The second-order valence-electron chi connectivity index (χ2n) is 4.18. The summed E-state index contributed by atoms with van der Waals surface area (Å²) in [4.78, 5) is 8.58. The van der Waals surface area contributed by atoms with Gasteiger partial charge in [-0.3, -0.25) is 0 Å². The highest BCUT2D eigenvalue weighted by atomic mass is 32.2. The molecule has 2 aromatic heterocycles. The van der Waals surface area contributed by atoms with Gasteiger partial charge in [0.2, 0.25) is 5.82 Å². The minimum absolute atomic E-state index is 0.0811. The van der Waals surface area contributed by atoms with Crippen molar-refractivity contribution in [2.45, 2.75) is 12.6 Å². The first kappa shape index (κ1) is 12.6. The molecule has 2 N–H and O–H groups in total. The fourth-order valence-electron chi connectivity index (χ4n) is 1.85. The molecule has 3 rings (SSSR count). The Morgan fingerprint density at radius 2 is 2.47 bits per heavy atom. The van der Waals surface area contributed by atoms with Gasteiger partial charge in [-0.15, -0.1) is 0 Å². The molecule has 0 saturated carbocycles. The Labute approximate surface area is 114 Å². The zero-order chi connectivity index (χ0) is 13.1. The third-order valence-corrected chi connectivity index (χ3v) is 3.78. The number of hydrogen-bond acceptors (Lipinski definition) is 7. The van der Waals surface area contributed by atoms with E-state index in [-0.39, 0.29) is 6.10 Å². The molecule has 3 heterocycles. The van der Waals surface area contributed by atoms with E-state index in [2.05, 4.69) is 15.1 Å². The van der Waals surface area contributed by atoms with Crippen molar-refractivity contribution in [2.24, 2.45) is 5.73 Å². The third kappa shape index (κ3) is 2.80. The first-order chi connectivity index (χ1) is 9.36. The second kappa shape index (κ2) is 5.72. The van der Waals surface area contributed by atoms with Crippen LogP contribution in [0.1, 0.15) is 11.9 Å². The normalized spacial score (nSPS) is 19.7. The zero-order valence-electron chi connectivity index (χ0n) is 10.4. The van der Waals surface area contributed by atoms with E-state index in [9.17, 15) is 0 Å². The number of aromatic nitrogens is 4. The molecule has 1 aliphatic rings. The summed E-state index contributed by atoms with van der Waals surface area (Å²) in [7, 11) is 0. The van der Waals surface area contributed by atoms with Crippen molar-refractivity contribution in [1.29, 1.82) is 0 Å². The lowest BCUT2D eigenvalue weighted by Crippen LogP contribution is -2.16. The van der Waals surface area contributed by atoms with Crippen LogP contribution in [-0.4, -0.2) is 44.3 Å². The molecule has 7 nitrogen and oxygen atoms in total. The standard InChI is InChI=1S/C11H15N5O2S/c12-1-2-16-5-8(13-7-16)11-14-10(15-18-11)9-6-19-4-3-17-9/h5,7,9H,1-4,6,12H2. The lowest BCUT2D eigenvalue weighted by molar-refractivity contribution is 0.0677. The Bertz CT molecular complexity index is 535. The summed E-state index contributed by atoms with van der Waals surface area (Å²) in [5.41, 5.74) is 6.15. The zero-order valence-corrected chi connectivity index (χ0v) is 11.2. The minimum Gasteiger partial charge on any atom is -0.368 e. The van der Waals surface area contributed by atoms with Crippen LogP contribution in [-0.2, 0) is 11.3 Å². The van der Waals surface area contributed by atoms with Gasteiger partial charge < -0.3 is 19.6 Å². The molecule has 102 valence electrons. The van der Waals surface area contributed by atoms with E-state index in [4.69, 9.17) is 15.0 Å². The molecule has 1 unspecified atom stereocenters. The van der Waals surface area contributed by atoms with E-state index in [1.165, 1.54) is 0 Å². The molecule has 0 aromatic carbocycles. The highest BCUT2D eigenvalue weighted by Gasteiger charge is 2.23. The maximum Gasteiger partial charge on any atom is 0.278 e. The van der Waals surface area contributed by atoms with E-state index in [0.29, 0.717) is 24.0 Å². The molecule has 1 atom stereocenters. The van der Waals surface area contributed by atoms with Crippen LogP contribution in [0, 0.1) is 0 Å². The Morgan fingerprint density at radius 3 is 3.26 bits per heavy atom. The van der Waals surface area contributed by atoms with Gasteiger partial charge >= 0.3 is 0 Å². The summed E-state index contributed by atoms with van der Waals surface area (Å²) in [6, 6.07) is 0. The topological polar surface area (TPSA) is 92.0 Å². The fraction of sp³-hybridized carbons (Fsp3) is 0.545. The smallest absolute Gasteiger partial charge is 0.278 e. The average molecular weight is 281 g/mol. The molecule has 0 bridgehead atoms. The Hall–Kier alpha value is -1.38. The summed E-state index contributed by atoms with van der Waals surface area (Å²) in [5.74, 6) is 2.89. The summed E-state index contributed by atoms with van der Waals surface area (Å²) in [6.07, 6.45) is 3.47. The molecule has 1 fully saturated rings. The van der Waals surface area contributed by atoms with E-state index in [1.54, 1.807) is 6.33 Å². The largest absolute Gasteiger partial charge is 0.368 e. The van der Waals surface area contributed by atoms with Gasteiger partial charge in [0, 0.05) is 30.8 Å². The monoisotopic (exact) mass is 281 g/mol. The SMILES string of the molecule is NCCn1cnc(-c2nc(C3CSCCO3)no2)c1. The molecule has 0 radical (unpaired) electrons. The van der Waals surface area contributed by atoms with Gasteiger partial charge in [0.1, 0.15) is 11.8 Å². The van der Waals surface area contributed by atoms with Crippen molar-refractivity contribution < 1.29 is 9.26 Å². The highest BCUT2D eigenvalue weighted by Crippen LogP contribution is 2.26. The van der Waals surface area contributed by atoms with Crippen molar-refractivity contribution in [3.8, 4) is 11.6 Å². The second-order valence-corrected chi connectivity index (χ2v) is 5.33. The number of rotatable bonds is 4. The molecule has 8 heteroatoms. The number of hydrogen-bond donors (Lipinski definition) is 1. The third-order valence-electron chi connectivity index (χ3n) is 2.79. The molecule has 1 saturated heterocycles. The van der Waals surface area contributed by atoms with Crippen LogP contribution in [0.4, 0.5) is 0 Å². The van der Waals surface area contributed by atoms with Crippen molar-refractivity contribution >= 4 is 11.8 Å². The number of thioether (sulfide) groups is 1. The molecule has 19 heavy (non-hydrogen) atoms. The van der Waals surface area contributed by atoms with E-state index in [0.717, 1.165) is 24.7 Å². The van der Waals surface area contributed by atoms with Crippen LogP contribution in [0.3, 0.4) is 0 Å². The number of imidazole rings is 1. The highest BCUT2D eigenvalue weighted by molar-refractivity contribution is 7.99. The van der Waals surface area contributed by atoms with Crippen LogP contribution < -0.4 is 5.73 Å². The Kier molecular flexibility index (Phi) is 3.81. The number of nitrogens with two attached hydrogens (primary N) is 1. The van der Waals surface area contributed by atoms with Gasteiger partial charge in [0.15, 0.2) is 0 Å². The van der Waals surface area contributed by atoms with Crippen LogP contribution in [0.2, 0.25) is 0 Å². The molecule has 1 aliphatic heterocycles. The summed E-state index contributed by atoms with van der Waals surface area (Å²) in [5, 5.41) is 3.97. The predicted octanol–water partition coefficient (Wildman–Crippen LogP) is 0.696. The minimum atomic E-state index is -0.0811. The Balaban J connectivity index is 1.75. The molecule has 0 amide bonds. The maximum atomic E-state index is 5.61. The van der Waals surface area contributed by atoms with Crippen molar-refractivity contribution in [1.82, 2.24) is 19.7 Å². The van der Waals surface area contributed by atoms with Gasteiger partial charge in [-0.05, 0) is 0 Å². The van der Waals surface area contributed by atoms with Crippen LogP contribution in [0.5, 0.6) is 0 Å². The Morgan fingerprint density at radius 1 is 1.53 bits per heavy atom. The fourth-order valence-corrected chi connectivity index (χ4v) is 2.69. The van der Waals surface area contributed by atoms with Gasteiger partial charge in [0.25, 0.3) is 5.89 Å². The van der Waals surface area contributed by atoms with E-state index in [1.807, 2.05) is 22.5 Å². The molecular weight excluding hydrogens is 266 g/mol. The van der Waals surface area contributed by atoms with Gasteiger partial charge in [-0.1, -0.05) is 5.16 Å². The molecule has 0 aliphatic carbocycles. The molecule has 2 aromatic rings. The quantitative estimate of drug-likeness (QED) is 0.881. The first-order valence-corrected chi connectivity index (χ1v) is 7.27. The number of nitrogens with zero attached hydrogens (tertiary/aromatic N) is 4. The molecular formula is C11H15N5O2S. The lowest BCUT2D eigenvalue weighted by Gasteiger charge is -2.18. The van der Waals surface area contributed by atoms with E-state index >= 15 is 0 Å². The predicted molar refractivity (Wildman–Crippen MR) is 70.6 cm³/mol. The van der Waals surface area contributed by atoms with Gasteiger partial charge in [-0.25, -0.2) is 4.98 Å².